The summed E-state index contributed by atoms with van der Waals surface area (Å²) in [5.41, 5.74) is 1.17. The number of nitrogens with zero attached hydrogens (tertiary/aromatic N) is 1. The molecule has 28 heavy (non-hydrogen) atoms. The van der Waals surface area contributed by atoms with Crippen LogP contribution in [0.3, 0.4) is 0 Å². The summed E-state index contributed by atoms with van der Waals surface area (Å²) in [6, 6.07) is 14.5. The summed E-state index contributed by atoms with van der Waals surface area (Å²) in [7, 11) is -1.65. The minimum atomic E-state index is -1.91. The van der Waals surface area contributed by atoms with Crippen molar-refractivity contribution >= 4 is 28.3 Å². The summed E-state index contributed by atoms with van der Waals surface area (Å²) in [6.45, 7) is 14.6. The Morgan fingerprint density at radius 2 is 1.64 bits per heavy atom. The van der Waals surface area contributed by atoms with Gasteiger partial charge in [0.15, 0.2) is 8.32 Å². The molecule has 4 nitrogen and oxygen atoms in total. The summed E-state index contributed by atoms with van der Waals surface area (Å²) in [5.74, 6) is -0.158. The second-order valence-corrected chi connectivity index (χ2v) is 17.5. The normalized spacial score (nSPS) is 13.2. The van der Waals surface area contributed by atoms with E-state index < -0.39 is 16.6 Å². The van der Waals surface area contributed by atoms with E-state index in [4.69, 9.17) is 8.85 Å². The predicted molar refractivity (Wildman–Crippen MR) is 125 cm³/mol. The SMILES string of the molecule is CC[Si](CC)(CC)OC(=O)C(C)CN(CCC[Si](C)(C)OC)c1ccccc1. The molecule has 0 aromatic heterocycles. The molecule has 0 aliphatic rings. The van der Waals surface area contributed by atoms with Crippen molar-refractivity contribution in [3.05, 3.63) is 30.3 Å². The van der Waals surface area contributed by atoms with Crippen molar-refractivity contribution in [2.24, 2.45) is 5.92 Å². The maximum atomic E-state index is 12.9. The van der Waals surface area contributed by atoms with Crippen LogP contribution in [0.5, 0.6) is 0 Å². The minimum Gasteiger partial charge on any atom is -0.519 e. The third kappa shape index (κ3) is 7.72. The molecule has 0 amide bonds. The van der Waals surface area contributed by atoms with Crippen molar-refractivity contribution in [3.63, 3.8) is 0 Å². The Labute approximate surface area is 174 Å². The van der Waals surface area contributed by atoms with Crippen molar-refractivity contribution in [1.82, 2.24) is 0 Å². The van der Waals surface area contributed by atoms with E-state index in [-0.39, 0.29) is 11.9 Å². The van der Waals surface area contributed by atoms with E-state index in [1.165, 1.54) is 5.69 Å². The Bertz CT molecular complexity index is 568. The van der Waals surface area contributed by atoms with Crippen LogP contribution in [0.15, 0.2) is 30.3 Å². The van der Waals surface area contributed by atoms with E-state index in [1.54, 1.807) is 0 Å². The van der Waals surface area contributed by atoms with Crippen LogP contribution in [0.2, 0.25) is 37.3 Å². The summed E-state index contributed by atoms with van der Waals surface area (Å²) in [4.78, 5) is 15.2. The molecule has 0 saturated heterocycles. The van der Waals surface area contributed by atoms with Crippen molar-refractivity contribution in [2.45, 2.75) is 71.4 Å². The maximum Gasteiger partial charge on any atom is 0.297 e. The zero-order valence-corrected chi connectivity index (χ0v) is 21.1. The molecule has 0 fully saturated rings. The van der Waals surface area contributed by atoms with Crippen molar-refractivity contribution in [1.29, 1.82) is 0 Å². The lowest BCUT2D eigenvalue weighted by Gasteiger charge is -2.32. The van der Waals surface area contributed by atoms with Crippen LogP contribution in [-0.2, 0) is 13.6 Å². The minimum absolute atomic E-state index is 0.0234. The van der Waals surface area contributed by atoms with Gasteiger partial charge in [0.05, 0.1) is 5.92 Å². The van der Waals surface area contributed by atoms with Crippen LogP contribution in [0, 0.1) is 5.92 Å². The summed E-state index contributed by atoms with van der Waals surface area (Å²) in [5, 5.41) is 0. The Balaban J connectivity index is 2.80. The number of benzene rings is 1. The van der Waals surface area contributed by atoms with Crippen molar-refractivity contribution in [3.8, 4) is 0 Å². The van der Waals surface area contributed by atoms with E-state index in [0.29, 0.717) is 6.54 Å². The van der Waals surface area contributed by atoms with Gasteiger partial charge in [0.1, 0.15) is 0 Å². The molecule has 1 atom stereocenters. The molecule has 0 radical (unpaired) electrons. The molecule has 160 valence electrons. The van der Waals surface area contributed by atoms with E-state index in [0.717, 1.165) is 37.1 Å². The average Bonchev–Trinajstić information content (AvgIpc) is 2.71. The molecule has 0 aliphatic heterocycles. The van der Waals surface area contributed by atoms with Gasteiger partial charge in [0.25, 0.3) is 14.3 Å². The Hall–Kier alpha value is -1.12. The predicted octanol–water partition coefficient (Wildman–Crippen LogP) is 5.92. The molecule has 0 saturated carbocycles. The fourth-order valence-electron chi connectivity index (χ4n) is 3.45. The lowest BCUT2D eigenvalue weighted by atomic mass is 10.1. The average molecular weight is 424 g/mol. The highest BCUT2D eigenvalue weighted by molar-refractivity contribution is 6.75. The highest BCUT2D eigenvalue weighted by Gasteiger charge is 2.34. The molecule has 0 heterocycles. The number of para-hydroxylation sites is 1. The molecule has 0 aliphatic carbocycles. The number of carbonyl (C=O) groups is 1. The monoisotopic (exact) mass is 423 g/mol. The van der Waals surface area contributed by atoms with Crippen LogP contribution < -0.4 is 4.90 Å². The van der Waals surface area contributed by atoms with Gasteiger partial charge in [-0.25, -0.2) is 0 Å². The fraction of sp³-hybridized carbons (Fsp3) is 0.682. The molecule has 6 heteroatoms. The first-order valence-electron chi connectivity index (χ1n) is 10.8. The zero-order valence-electron chi connectivity index (χ0n) is 19.1. The van der Waals surface area contributed by atoms with Gasteiger partial charge in [-0.3, -0.25) is 4.79 Å². The first-order valence-corrected chi connectivity index (χ1v) is 16.4. The number of rotatable bonds is 13. The Morgan fingerprint density at radius 1 is 1.07 bits per heavy atom. The third-order valence-corrected chi connectivity index (χ3v) is 13.2. The molecule has 0 bridgehead atoms. The Morgan fingerprint density at radius 3 is 2.14 bits per heavy atom. The van der Waals surface area contributed by atoms with Crippen molar-refractivity contribution < 1.29 is 13.6 Å². The smallest absolute Gasteiger partial charge is 0.297 e. The van der Waals surface area contributed by atoms with Gasteiger partial charge < -0.3 is 13.8 Å². The third-order valence-electron chi connectivity index (χ3n) is 6.03. The standard InChI is InChI=1S/C22H41NO3Si2/c1-8-28(9-2,10-3)26-22(24)20(4)19-23(21-15-12-11-13-16-21)17-14-18-27(6,7)25-5/h11-13,15-16,20H,8-10,14,17-19H2,1-7H3. The van der Waals surface area contributed by atoms with Crippen LogP contribution in [0.1, 0.15) is 34.1 Å². The first kappa shape index (κ1) is 24.9. The zero-order chi connectivity index (χ0) is 21.2. The highest BCUT2D eigenvalue weighted by atomic mass is 28.4. The molecule has 1 aromatic rings. The number of anilines is 1. The number of carbonyl (C=O) groups excluding carboxylic acids is 1. The first-order chi connectivity index (χ1) is 13.2. The number of hydrogen-bond donors (Lipinski definition) is 0. The van der Waals surface area contributed by atoms with Gasteiger partial charge in [0.2, 0.25) is 0 Å². The summed E-state index contributed by atoms with van der Waals surface area (Å²) in [6.07, 6.45) is 1.07. The molecule has 0 spiro atoms. The topological polar surface area (TPSA) is 38.8 Å². The van der Waals surface area contributed by atoms with Crippen molar-refractivity contribution in [2.75, 3.05) is 25.1 Å². The fourth-order valence-corrected chi connectivity index (χ4v) is 7.22. The van der Waals surface area contributed by atoms with E-state index in [9.17, 15) is 4.79 Å². The van der Waals surface area contributed by atoms with Gasteiger partial charge in [-0.2, -0.15) is 0 Å². The maximum absolute atomic E-state index is 12.9. The lowest BCUT2D eigenvalue weighted by Crippen LogP contribution is -2.42. The second kappa shape index (κ2) is 11.8. The van der Waals surface area contributed by atoms with Crippen LogP contribution in [0.4, 0.5) is 5.69 Å². The lowest BCUT2D eigenvalue weighted by molar-refractivity contribution is -0.139. The molecular weight excluding hydrogens is 382 g/mol. The largest absolute Gasteiger partial charge is 0.519 e. The Kier molecular flexibility index (Phi) is 10.5. The quantitative estimate of drug-likeness (QED) is 0.369. The van der Waals surface area contributed by atoms with Crippen LogP contribution in [0.25, 0.3) is 0 Å². The summed E-state index contributed by atoms with van der Waals surface area (Å²) < 4.78 is 11.8. The van der Waals surface area contributed by atoms with Gasteiger partial charge in [-0.1, -0.05) is 45.9 Å². The highest BCUT2D eigenvalue weighted by Crippen LogP contribution is 2.24. The van der Waals surface area contributed by atoms with Gasteiger partial charge >= 0.3 is 0 Å². The molecular formula is C22H41NO3Si2. The van der Waals surface area contributed by atoms with E-state index in [1.807, 2.05) is 20.1 Å². The molecule has 1 unspecified atom stereocenters. The van der Waals surface area contributed by atoms with Crippen LogP contribution >= 0.6 is 0 Å². The molecule has 1 rings (SSSR count). The van der Waals surface area contributed by atoms with E-state index >= 15 is 0 Å². The molecule has 0 N–H and O–H groups in total. The summed E-state index contributed by atoms with van der Waals surface area (Å²) >= 11 is 0. The van der Waals surface area contributed by atoms with Crippen LogP contribution in [-0.4, -0.2) is 42.8 Å². The number of hydrogen-bond acceptors (Lipinski definition) is 4. The van der Waals surface area contributed by atoms with Gasteiger partial charge in [0, 0.05) is 25.9 Å². The second-order valence-electron chi connectivity index (χ2n) is 8.41. The molecule has 1 aromatic carbocycles. The van der Waals surface area contributed by atoms with Gasteiger partial charge in [-0.05, 0) is 55.8 Å². The van der Waals surface area contributed by atoms with E-state index in [2.05, 4.69) is 63.0 Å². The van der Waals surface area contributed by atoms with Gasteiger partial charge in [-0.15, -0.1) is 0 Å².